The molecule has 0 aliphatic carbocycles. The van der Waals surface area contributed by atoms with Gasteiger partial charge in [0.25, 0.3) is 0 Å². The number of hydrogen-bond donors (Lipinski definition) is 2. The molecule has 1 aliphatic heterocycles. The molecule has 1 fully saturated rings. The number of aliphatic hydroxyl groups excluding tert-OH is 1. The third-order valence-corrected chi connectivity index (χ3v) is 5.11. The molecular formula is C21H40N2O4. The lowest BCUT2D eigenvalue weighted by Crippen LogP contribution is -2.46. The SMILES string of the molecule is CC(C)OCCCCCC(=O)N1CCC[C@H]1C(=O)NCCCC(O)C(C)C. The zero-order valence-electron chi connectivity index (χ0n) is 17.7. The van der Waals surface area contributed by atoms with Crippen LogP contribution in [0.1, 0.15) is 79.1 Å². The Bertz CT molecular complexity index is 440. The van der Waals surface area contributed by atoms with E-state index >= 15 is 0 Å². The highest BCUT2D eigenvalue weighted by Gasteiger charge is 2.33. The minimum absolute atomic E-state index is 0.0507. The summed E-state index contributed by atoms with van der Waals surface area (Å²) in [5.41, 5.74) is 0. The van der Waals surface area contributed by atoms with Crippen LogP contribution < -0.4 is 5.32 Å². The van der Waals surface area contributed by atoms with Crippen molar-refractivity contribution >= 4 is 11.8 Å². The molecule has 0 radical (unpaired) electrons. The van der Waals surface area contributed by atoms with Gasteiger partial charge in [-0.2, -0.15) is 0 Å². The van der Waals surface area contributed by atoms with Crippen molar-refractivity contribution in [1.29, 1.82) is 0 Å². The molecule has 2 N–H and O–H groups in total. The van der Waals surface area contributed by atoms with Crippen LogP contribution in [0.25, 0.3) is 0 Å². The van der Waals surface area contributed by atoms with Crippen LogP contribution in [-0.2, 0) is 14.3 Å². The average Bonchev–Trinajstić information content (AvgIpc) is 3.10. The van der Waals surface area contributed by atoms with Gasteiger partial charge in [-0.1, -0.05) is 20.3 Å². The monoisotopic (exact) mass is 384 g/mol. The maximum atomic E-state index is 12.5. The first kappa shape index (κ1) is 23.9. The van der Waals surface area contributed by atoms with E-state index in [-0.39, 0.29) is 36.0 Å². The highest BCUT2D eigenvalue weighted by molar-refractivity contribution is 5.88. The van der Waals surface area contributed by atoms with Gasteiger partial charge in [0.05, 0.1) is 12.2 Å². The molecule has 1 unspecified atom stereocenters. The van der Waals surface area contributed by atoms with Gasteiger partial charge in [0.15, 0.2) is 0 Å². The van der Waals surface area contributed by atoms with Crippen molar-refractivity contribution in [3.05, 3.63) is 0 Å². The second-order valence-corrected chi connectivity index (χ2v) is 8.22. The maximum absolute atomic E-state index is 12.5. The first-order valence-corrected chi connectivity index (χ1v) is 10.7. The fourth-order valence-corrected chi connectivity index (χ4v) is 3.33. The van der Waals surface area contributed by atoms with Crippen LogP contribution in [0.5, 0.6) is 0 Å². The van der Waals surface area contributed by atoms with Crippen LogP contribution in [0.15, 0.2) is 0 Å². The average molecular weight is 385 g/mol. The van der Waals surface area contributed by atoms with Gasteiger partial charge in [-0.05, 0) is 58.3 Å². The number of hydrogen-bond acceptors (Lipinski definition) is 4. The highest BCUT2D eigenvalue weighted by Crippen LogP contribution is 2.19. The van der Waals surface area contributed by atoms with Gasteiger partial charge < -0.3 is 20.1 Å². The van der Waals surface area contributed by atoms with Crippen molar-refractivity contribution in [2.45, 2.75) is 97.3 Å². The molecule has 6 nitrogen and oxygen atoms in total. The number of carbonyl (C=O) groups is 2. The fraction of sp³-hybridized carbons (Fsp3) is 0.905. The summed E-state index contributed by atoms with van der Waals surface area (Å²) in [4.78, 5) is 26.7. The van der Waals surface area contributed by atoms with E-state index in [1.165, 1.54) is 0 Å². The van der Waals surface area contributed by atoms with Crippen molar-refractivity contribution in [1.82, 2.24) is 10.2 Å². The number of ether oxygens (including phenoxy) is 1. The van der Waals surface area contributed by atoms with Crippen LogP contribution in [0.2, 0.25) is 0 Å². The predicted octanol–water partition coefficient (Wildman–Crippen LogP) is 2.88. The molecule has 0 aromatic heterocycles. The smallest absolute Gasteiger partial charge is 0.242 e. The quantitative estimate of drug-likeness (QED) is 0.479. The zero-order valence-corrected chi connectivity index (χ0v) is 17.7. The van der Waals surface area contributed by atoms with E-state index in [2.05, 4.69) is 5.32 Å². The van der Waals surface area contributed by atoms with Gasteiger partial charge in [0.2, 0.25) is 11.8 Å². The summed E-state index contributed by atoms with van der Waals surface area (Å²) in [7, 11) is 0. The summed E-state index contributed by atoms with van der Waals surface area (Å²) >= 11 is 0. The number of nitrogens with zero attached hydrogens (tertiary/aromatic N) is 1. The number of unbranched alkanes of at least 4 members (excludes halogenated alkanes) is 2. The number of amides is 2. The standard InChI is InChI=1S/C21H40N2O4/c1-16(2)19(24)11-8-13-22-21(26)18-10-9-14-23(18)20(25)12-6-5-7-15-27-17(3)4/h16-19,24H,5-15H2,1-4H3,(H,22,26)/t18-,19?/m0/s1. The summed E-state index contributed by atoms with van der Waals surface area (Å²) in [6.07, 6.45) is 6.30. The van der Waals surface area contributed by atoms with E-state index in [1.54, 1.807) is 4.90 Å². The first-order valence-electron chi connectivity index (χ1n) is 10.7. The van der Waals surface area contributed by atoms with Crippen LogP contribution in [-0.4, -0.2) is 59.8 Å². The van der Waals surface area contributed by atoms with E-state index in [4.69, 9.17) is 4.74 Å². The third kappa shape index (κ3) is 9.56. The van der Waals surface area contributed by atoms with Crippen molar-refractivity contribution in [2.24, 2.45) is 5.92 Å². The molecule has 0 aromatic carbocycles. The summed E-state index contributed by atoms with van der Waals surface area (Å²) in [6.45, 7) is 10.00. The molecule has 1 aliphatic rings. The third-order valence-electron chi connectivity index (χ3n) is 5.11. The van der Waals surface area contributed by atoms with E-state index in [1.807, 2.05) is 27.7 Å². The van der Waals surface area contributed by atoms with Gasteiger partial charge in [-0.3, -0.25) is 9.59 Å². The molecule has 2 atom stereocenters. The highest BCUT2D eigenvalue weighted by atomic mass is 16.5. The minimum atomic E-state index is -0.322. The Morgan fingerprint density at radius 3 is 2.56 bits per heavy atom. The summed E-state index contributed by atoms with van der Waals surface area (Å²) in [5.74, 6) is 0.276. The predicted molar refractivity (Wildman–Crippen MR) is 107 cm³/mol. The van der Waals surface area contributed by atoms with Crippen LogP contribution in [0.4, 0.5) is 0 Å². The number of rotatable bonds is 13. The molecular weight excluding hydrogens is 344 g/mol. The molecule has 6 heteroatoms. The Hall–Kier alpha value is -1.14. The Morgan fingerprint density at radius 1 is 1.15 bits per heavy atom. The number of nitrogens with one attached hydrogen (secondary N) is 1. The zero-order chi connectivity index (χ0) is 20.2. The van der Waals surface area contributed by atoms with Crippen LogP contribution in [0, 0.1) is 5.92 Å². The molecule has 27 heavy (non-hydrogen) atoms. The van der Waals surface area contributed by atoms with E-state index < -0.39 is 0 Å². The van der Waals surface area contributed by atoms with E-state index in [0.717, 1.165) is 45.1 Å². The Morgan fingerprint density at radius 2 is 1.89 bits per heavy atom. The fourth-order valence-electron chi connectivity index (χ4n) is 3.33. The molecule has 0 aromatic rings. The lowest BCUT2D eigenvalue weighted by atomic mass is 10.0. The van der Waals surface area contributed by atoms with Gasteiger partial charge in [-0.25, -0.2) is 0 Å². The topological polar surface area (TPSA) is 78.9 Å². The minimum Gasteiger partial charge on any atom is -0.393 e. The maximum Gasteiger partial charge on any atom is 0.242 e. The van der Waals surface area contributed by atoms with Crippen LogP contribution in [0.3, 0.4) is 0 Å². The summed E-state index contributed by atoms with van der Waals surface area (Å²) in [6, 6.07) is -0.322. The molecule has 0 bridgehead atoms. The second kappa shape index (κ2) is 13.1. The van der Waals surface area contributed by atoms with E-state index in [0.29, 0.717) is 25.9 Å². The molecule has 1 rings (SSSR count). The summed E-state index contributed by atoms with van der Waals surface area (Å²) in [5, 5.41) is 12.7. The van der Waals surface area contributed by atoms with Crippen molar-refractivity contribution in [3.63, 3.8) is 0 Å². The molecule has 0 saturated carbocycles. The lowest BCUT2D eigenvalue weighted by Gasteiger charge is -2.24. The first-order chi connectivity index (χ1) is 12.8. The Kier molecular flexibility index (Phi) is 11.6. The summed E-state index contributed by atoms with van der Waals surface area (Å²) < 4.78 is 5.51. The van der Waals surface area contributed by atoms with E-state index in [9.17, 15) is 14.7 Å². The van der Waals surface area contributed by atoms with Crippen LogP contribution >= 0.6 is 0 Å². The largest absolute Gasteiger partial charge is 0.393 e. The molecule has 0 spiro atoms. The molecule has 158 valence electrons. The number of aliphatic hydroxyl groups is 1. The number of carbonyl (C=O) groups excluding carboxylic acids is 2. The lowest BCUT2D eigenvalue weighted by molar-refractivity contribution is -0.138. The molecule has 2 amide bonds. The molecule has 1 heterocycles. The van der Waals surface area contributed by atoms with Crippen molar-refractivity contribution in [3.8, 4) is 0 Å². The van der Waals surface area contributed by atoms with Gasteiger partial charge in [0, 0.05) is 26.1 Å². The normalized spacial score (nSPS) is 18.3. The van der Waals surface area contributed by atoms with Crippen molar-refractivity contribution < 1.29 is 19.4 Å². The van der Waals surface area contributed by atoms with Gasteiger partial charge in [0.1, 0.15) is 6.04 Å². The molecule has 1 saturated heterocycles. The van der Waals surface area contributed by atoms with Gasteiger partial charge >= 0.3 is 0 Å². The number of likely N-dealkylation sites (tertiary alicyclic amines) is 1. The van der Waals surface area contributed by atoms with Crippen molar-refractivity contribution in [2.75, 3.05) is 19.7 Å². The Balaban J connectivity index is 2.24. The second-order valence-electron chi connectivity index (χ2n) is 8.22. The van der Waals surface area contributed by atoms with Gasteiger partial charge in [-0.15, -0.1) is 0 Å². The Labute approximate surface area is 165 Å².